The number of nitrogens with two attached hydrogens (primary N) is 1. The molecule has 0 radical (unpaired) electrons. The molecule has 1 saturated heterocycles. The fourth-order valence-corrected chi connectivity index (χ4v) is 13.3. The second-order valence-corrected chi connectivity index (χ2v) is 18.6. The SMILES string of the molecule is CNC1(CO[C@H]2[C@H](n3nnc(N)n3)C[C@@]34COC[C@]2(C)[C@@H]3CC[C@H]2C4=CC[C@@]3(C)[C@H](C(=O)O)[C@@](C)([C@H](C)C(C)C)CC[C@]23C)CCCC1. The molecule has 1 aromatic heterocycles. The van der Waals surface area contributed by atoms with Gasteiger partial charge in [0.2, 0.25) is 0 Å². The van der Waals surface area contributed by atoms with Crippen LogP contribution >= 0.6 is 0 Å². The van der Waals surface area contributed by atoms with Crippen LogP contribution < -0.4 is 11.1 Å². The van der Waals surface area contributed by atoms with Crippen molar-refractivity contribution < 1.29 is 19.4 Å². The minimum atomic E-state index is -0.620. The molecule has 0 spiro atoms. The van der Waals surface area contributed by atoms with E-state index in [9.17, 15) is 9.90 Å². The number of aliphatic carboxylic acids is 1. The lowest BCUT2D eigenvalue weighted by atomic mass is 9.34. The Kier molecular flexibility index (Phi) is 8.24. The first-order valence-corrected chi connectivity index (χ1v) is 19.0. The van der Waals surface area contributed by atoms with E-state index in [-0.39, 0.29) is 50.7 Å². The summed E-state index contributed by atoms with van der Waals surface area (Å²) in [4.78, 5) is 15.2. The maximum atomic E-state index is 13.4. The third kappa shape index (κ3) is 4.59. The third-order valence-corrected chi connectivity index (χ3v) is 16.5. The first-order chi connectivity index (χ1) is 22.6. The van der Waals surface area contributed by atoms with E-state index in [4.69, 9.17) is 15.2 Å². The molecule has 10 heteroatoms. The van der Waals surface area contributed by atoms with Gasteiger partial charge in [-0.2, -0.15) is 4.80 Å². The number of anilines is 1. The number of nitrogen functional groups attached to an aromatic ring is 1. The summed E-state index contributed by atoms with van der Waals surface area (Å²) in [5.74, 6) is 0.590. The van der Waals surface area contributed by atoms with E-state index in [1.165, 1.54) is 18.4 Å². The van der Waals surface area contributed by atoms with E-state index in [2.05, 4.69) is 82.3 Å². The van der Waals surface area contributed by atoms with Crippen molar-refractivity contribution in [2.75, 3.05) is 32.6 Å². The fraction of sp³-hybridized carbons (Fsp3) is 0.895. The average Bonchev–Trinajstić information content (AvgIpc) is 3.69. The number of nitrogens with zero attached hydrogens (tertiary/aromatic N) is 4. The van der Waals surface area contributed by atoms with Crippen LogP contribution in [0.15, 0.2) is 11.6 Å². The zero-order valence-corrected chi connectivity index (χ0v) is 30.8. The Bertz CT molecular complexity index is 1440. The number of fused-ring (bicyclic) bond motifs is 3. The third-order valence-electron chi connectivity index (χ3n) is 16.5. The quantitative estimate of drug-likeness (QED) is 0.273. The largest absolute Gasteiger partial charge is 0.481 e. The van der Waals surface area contributed by atoms with Crippen LogP contribution in [0.1, 0.15) is 119 Å². The molecule has 2 bridgehead atoms. The van der Waals surface area contributed by atoms with Crippen LogP contribution in [0.5, 0.6) is 0 Å². The van der Waals surface area contributed by atoms with Gasteiger partial charge in [-0.3, -0.25) is 4.79 Å². The van der Waals surface area contributed by atoms with Crippen molar-refractivity contribution in [2.24, 2.45) is 56.7 Å². The summed E-state index contributed by atoms with van der Waals surface area (Å²) >= 11 is 0. The highest BCUT2D eigenvalue weighted by Gasteiger charge is 2.72. The Morgan fingerprint density at radius 2 is 1.83 bits per heavy atom. The van der Waals surface area contributed by atoms with Crippen LogP contribution in [-0.2, 0) is 14.3 Å². The monoisotopic (exact) mass is 666 g/mol. The van der Waals surface area contributed by atoms with Crippen molar-refractivity contribution in [1.29, 1.82) is 0 Å². The van der Waals surface area contributed by atoms with Crippen molar-refractivity contribution in [3.05, 3.63) is 11.6 Å². The summed E-state index contributed by atoms with van der Waals surface area (Å²) in [5, 5.41) is 27.9. The Balaban J connectivity index is 1.30. The molecule has 5 aliphatic carbocycles. The van der Waals surface area contributed by atoms with Gasteiger partial charge in [-0.15, -0.1) is 5.10 Å². The Hall–Kier alpha value is -2.04. The normalized spacial score (nSPS) is 45.5. The van der Waals surface area contributed by atoms with Gasteiger partial charge in [-0.05, 0) is 104 Å². The van der Waals surface area contributed by atoms with Crippen LogP contribution in [0.4, 0.5) is 5.95 Å². The van der Waals surface area contributed by atoms with E-state index in [0.29, 0.717) is 43.5 Å². The Morgan fingerprint density at radius 3 is 2.46 bits per heavy atom. The van der Waals surface area contributed by atoms with Gasteiger partial charge in [-0.25, -0.2) is 0 Å². The highest BCUT2D eigenvalue weighted by Crippen LogP contribution is 2.75. The Labute approximate surface area is 287 Å². The predicted octanol–water partition coefficient (Wildman–Crippen LogP) is 6.30. The van der Waals surface area contributed by atoms with Crippen LogP contribution in [0, 0.1) is 56.7 Å². The molecule has 6 aliphatic rings. The van der Waals surface area contributed by atoms with Gasteiger partial charge in [0.25, 0.3) is 5.95 Å². The summed E-state index contributed by atoms with van der Waals surface area (Å²) in [6.07, 6.45) is 12.8. The second kappa shape index (κ2) is 11.5. The van der Waals surface area contributed by atoms with Gasteiger partial charge in [-0.1, -0.05) is 78.1 Å². The summed E-state index contributed by atoms with van der Waals surface area (Å²) in [6.45, 7) is 18.2. The second-order valence-electron chi connectivity index (χ2n) is 18.6. The lowest BCUT2D eigenvalue weighted by molar-refractivity contribution is -0.254. The standard InChI is InChI=1S/C38H62N6O4/c1-23(2)24(3)33(4)17-18-35(6)25-11-12-28-34(5)20-47-22-38(28,26(25)13-16-36(35,7)29(33)31(45)46)19-27(44-42-32(39)41-43-44)30(34)48-21-37(40-8)14-9-10-15-37/h13,23-25,27-30,40H,9-12,14-22H2,1-8H3,(H2,39,42)(H,45,46)/t24-,25+,27-,28+,29-,30+,33-,34-,35-,36+,38+/m1/s1. The van der Waals surface area contributed by atoms with Crippen molar-refractivity contribution in [3.8, 4) is 0 Å². The number of likely N-dealkylation sites (N-methyl/N-ethyl adjacent to an activating group) is 1. The van der Waals surface area contributed by atoms with Gasteiger partial charge in [0.05, 0.1) is 31.8 Å². The number of carboxylic acids is 1. The molecule has 268 valence electrons. The fourth-order valence-electron chi connectivity index (χ4n) is 13.3. The number of carbonyl (C=O) groups is 1. The molecule has 4 N–H and O–H groups in total. The summed E-state index contributed by atoms with van der Waals surface area (Å²) in [6, 6.07) is -0.135. The van der Waals surface area contributed by atoms with Gasteiger partial charge >= 0.3 is 5.97 Å². The number of rotatable bonds is 8. The minimum Gasteiger partial charge on any atom is -0.481 e. The van der Waals surface area contributed by atoms with Crippen molar-refractivity contribution in [3.63, 3.8) is 0 Å². The molecule has 10 nitrogen and oxygen atoms in total. The number of aromatic nitrogens is 4. The van der Waals surface area contributed by atoms with Gasteiger partial charge in [0.1, 0.15) is 6.04 Å². The topological polar surface area (TPSA) is 137 Å². The molecule has 48 heavy (non-hydrogen) atoms. The highest BCUT2D eigenvalue weighted by molar-refractivity contribution is 5.73. The zero-order valence-electron chi connectivity index (χ0n) is 30.8. The predicted molar refractivity (Wildman–Crippen MR) is 185 cm³/mol. The van der Waals surface area contributed by atoms with E-state index in [0.717, 1.165) is 51.4 Å². The molecule has 0 amide bonds. The lowest BCUT2D eigenvalue weighted by Gasteiger charge is -2.71. The molecule has 7 rings (SSSR count). The first kappa shape index (κ1) is 34.4. The smallest absolute Gasteiger partial charge is 0.307 e. The summed E-state index contributed by atoms with van der Waals surface area (Å²) < 4.78 is 13.9. The maximum Gasteiger partial charge on any atom is 0.307 e. The van der Waals surface area contributed by atoms with Crippen molar-refractivity contribution >= 4 is 11.9 Å². The molecular weight excluding hydrogens is 604 g/mol. The summed E-state index contributed by atoms with van der Waals surface area (Å²) in [5.41, 5.74) is 6.39. The summed E-state index contributed by atoms with van der Waals surface area (Å²) in [7, 11) is 2.07. The molecule has 0 unspecified atom stereocenters. The molecule has 1 aromatic rings. The molecule has 2 heterocycles. The van der Waals surface area contributed by atoms with E-state index in [1.54, 1.807) is 4.80 Å². The zero-order chi connectivity index (χ0) is 34.5. The first-order valence-electron chi connectivity index (χ1n) is 19.0. The molecule has 0 aromatic carbocycles. The number of tetrazole rings is 1. The van der Waals surface area contributed by atoms with Crippen LogP contribution in [0.25, 0.3) is 0 Å². The van der Waals surface area contributed by atoms with Crippen molar-refractivity contribution in [2.45, 2.75) is 130 Å². The van der Waals surface area contributed by atoms with E-state index < -0.39 is 11.9 Å². The highest BCUT2D eigenvalue weighted by atomic mass is 16.5. The van der Waals surface area contributed by atoms with Gasteiger partial charge < -0.3 is 25.6 Å². The molecule has 4 saturated carbocycles. The average molecular weight is 667 g/mol. The molecule has 1 aliphatic heterocycles. The van der Waals surface area contributed by atoms with Crippen LogP contribution in [-0.4, -0.2) is 69.8 Å². The van der Waals surface area contributed by atoms with E-state index >= 15 is 0 Å². The van der Waals surface area contributed by atoms with Gasteiger partial charge in [0, 0.05) is 16.4 Å². The Morgan fingerprint density at radius 1 is 1.10 bits per heavy atom. The number of carboxylic acid groups (broad SMARTS) is 1. The van der Waals surface area contributed by atoms with Crippen LogP contribution in [0.3, 0.4) is 0 Å². The number of hydrogen-bond acceptors (Lipinski definition) is 8. The number of nitrogens with one attached hydrogen (secondary N) is 1. The molecular formula is C38H62N6O4. The van der Waals surface area contributed by atoms with Crippen molar-refractivity contribution in [1.82, 2.24) is 25.5 Å². The number of hydrogen-bond donors (Lipinski definition) is 3. The minimum absolute atomic E-state index is 0.00830. The van der Waals surface area contributed by atoms with Gasteiger partial charge in [0.15, 0.2) is 0 Å². The van der Waals surface area contributed by atoms with E-state index in [1.807, 2.05) is 0 Å². The molecule has 5 fully saturated rings. The lowest BCUT2D eigenvalue weighted by Crippen LogP contribution is -2.69. The molecule has 11 atom stereocenters. The maximum absolute atomic E-state index is 13.4. The number of allylic oxidation sites excluding steroid dienone is 1. The van der Waals surface area contributed by atoms with Crippen LogP contribution in [0.2, 0.25) is 0 Å². The number of ether oxygens (including phenoxy) is 2.